The number of anilines is 1. The standard InChI is InChI=1S/C14H17ClFN5O/c1-20-9-18-19-12(20)6-14(22)3-2-4-21(8-14)13-11(16)5-10(15)7-17-13/h5,7,9,22H,2-4,6,8H2,1H3. The van der Waals surface area contributed by atoms with Gasteiger partial charge in [-0.1, -0.05) is 11.6 Å². The average Bonchev–Trinajstić information content (AvgIpc) is 2.83. The van der Waals surface area contributed by atoms with E-state index in [9.17, 15) is 9.50 Å². The summed E-state index contributed by atoms with van der Waals surface area (Å²) in [5, 5.41) is 18.9. The molecule has 1 saturated heterocycles. The number of rotatable bonds is 3. The molecule has 0 radical (unpaired) electrons. The van der Waals surface area contributed by atoms with E-state index in [0.29, 0.717) is 31.8 Å². The number of aliphatic hydroxyl groups is 1. The summed E-state index contributed by atoms with van der Waals surface area (Å²) < 4.78 is 15.8. The van der Waals surface area contributed by atoms with Crippen LogP contribution in [0.5, 0.6) is 0 Å². The van der Waals surface area contributed by atoms with E-state index in [4.69, 9.17) is 11.6 Å². The molecular weight excluding hydrogens is 309 g/mol. The second-order valence-electron chi connectivity index (χ2n) is 5.74. The van der Waals surface area contributed by atoms with E-state index in [0.717, 1.165) is 6.42 Å². The van der Waals surface area contributed by atoms with Crippen molar-refractivity contribution < 1.29 is 9.50 Å². The van der Waals surface area contributed by atoms with Crippen molar-refractivity contribution >= 4 is 17.4 Å². The predicted octanol–water partition coefficient (Wildman–Crippen LogP) is 1.58. The lowest BCUT2D eigenvalue weighted by atomic mass is 9.89. The Morgan fingerprint density at radius 3 is 3.00 bits per heavy atom. The molecule has 1 unspecified atom stereocenters. The number of halogens is 2. The van der Waals surface area contributed by atoms with Crippen LogP contribution in [0.1, 0.15) is 18.7 Å². The molecule has 8 heteroatoms. The third-order valence-corrected chi connectivity index (χ3v) is 4.14. The fourth-order valence-corrected chi connectivity index (χ4v) is 2.98. The SMILES string of the molecule is Cn1cnnc1CC1(O)CCCN(c2ncc(Cl)cc2F)C1. The topological polar surface area (TPSA) is 67.1 Å². The van der Waals surface area contributed by atoms with Crippen LogP contribution in [0, 0.1) is 5.82 Å². The van der Waals surface area contributed by atoms with Crippen LogP contribution in [-0.2, 0) is 13.5 Å². The first-order valence-corrected chi connectivity index (χ1v) is 7.46. The summed E-state index contributed by atoms with van der Waals surface area (Å²) in [4.78, 5) is 5.81. The highest BCUT2D eigenvalue weighted by Crippen LogP contribution is 2.29. The van der Waals surface area contributed by atoms with Crippen molar-refractivity contribution in [3.63, 3.8) is 0 Å². The molecule has 2 aromatic heterocycles. The average molecular weight is 326 g/mol. The van der Waals surface area contributed by atoms with Crippen LogP contribution in [0.15, 0.2) is 18.6 Å². The molecule has 0 spiro atoms. The number of hydrogen-bond donors (Lipinski definition) is 1. The number of piperidine rings is 1. The molecule has 0 bridgehead atoms. The molecule has 2 aromatic rings. The van der Waals surface area contributed by atoms with E-state index < -0.39 is 11.4 Å². The zero-order valence-electron chi connectivity index (χ0n) is 12.2. The lowest BCUT2D eigenvalue weighted by molar-refractivity contribution is 0.0234. The first-order chi connectivity index (χ1) is 10.5. The Labute approximate surface area is 132 Å². The molecule has 6 nitrogen and oxygen atoms in total. The second kappa shape index (κ2) is 5.81. The highest BCUT2D eigenvalue weighted by Gasteiger charge is 2.36. The second-order valence-corrected chi connectivity index (χ2v) is 6.18. The lowest BCUT2D eigenvalue weighted by Gasteiger charge is -2.39. The third-order valence-electron chi connectivity index (χ3n) is 3.94. The monoisotopic (exact) mass is 325 g/mol. The summed E-state index contributed by atoms with van der Waals surface area (Å²) in [5.41, 5.74) is -0.979. The van der Waals surface area contributed by atoms with Gasteiger partial charge in [-0.2, -0.15) is 0 Å². The van der Waals surface area contributed by atoms with Crippen molar-refractivity contribution in [3.05, 3.63) is 35.3 Å². The van der Waals surface area contributed by atoms with Gasteiger partial charge < -0.3 is 14.6 Å². The van der Waals surface area contributed by atoms with Crippen molar-refractivity contribution in [1.29, 1.82) is 0 Å². The molecule has 1 fully saturated rings. The van der Waals surface area contributed by atoms with E-state index >= 15 is 0 Å². The molecule has 0 aromatic carbocycles. The van der Waals surface area contributed by atoms with Crippen LogP contribution < -0.4 is 4.90 Å². The highest BCUT2D eigenvalue weighted by molar-refractivity contribution is 6.30. The van der Waals surface area contributed by atoms with Gasteiger partial charge in [0.05, 0.1) is 10.6 Å². The van der Waals surface area contributed by atoms with Crippen molar-refractivity contribution in [2.45, 2.75) is 24.9 Å². The van der Waals surface area contributed by atoms with E-state index in [1.54, 1.807) is 15.8 Å². The van der Waals surface area contributed by atoms with Crippen LogP contribution in [0.3, 0.4) is 0 Å². The maximum atomic E-state index is 14.0. The maximum absolute atomic E-state index is 14.0. The highest BCUT2D eigenvalue weighted by atomic mass is 35.5. The summed E-state index contributed by atoms with van der Waals surface area (Å²) in [6, 6.07) is 1.24. The van der Waals surface area contributed by atoms with Gasteiger partial charge in [-0.3, -0.25) is 0 Å². The van der Waals surface area contributed by atoms with E-state index in [-0.39, 0.29) is 10.8 Å². The van der Waals surface area contributed by atoms with Gasteiger partial charge >= 0.3 is 0 Å². The van der Waals surface area contributed by atoms with E-state index in [2.05, 4.69) is 15.2 Å². The molecule has 1 aliphatic heterocycles. The first-order valence-electron chi connectivity index (χ1n) is 7.08. The van der Waals surface area contributed by atoms with Crippen LogP contribution in [0.25, 0.3) is 0 Å². The van der Waals surface area contributed by atoms with Gasteiger partial charge in [0.25, 0.3) is 0 Å². The summed E-state index contributed by atoms with van der Waals surface area (Å²) >= 11 is 5.74. The van der Waals surface area contributed by atoms with Crippen molar-refractivity contribution in [3.8, 4) is 0 Å². The fourth-order valence-electron chi connectivity index (χ4n) is 2.84. The predicted molar refractivity (Wildman–Crippen MR) is 80.3 cm³/mol. The first kappa shape index (κ1) is 15.2. The fraction of sp³-hybridized carbons (Fsp3) is 0.500. The Balaban J connectivity index is 1.80. The number of hydrogen-bond acceptors (Lipinski definition) is 5. The zero-order valence-corrected chi connectivity index (χ0v) is 13.0. The molecule has 1 aliphatic rings. The van der Waals surface area contributed by atoms with Crippen LogP contribution in [-0.4, -0.2) is 43.5 Å². The minimum Gasteiger partial charge on any atom is -0.388 e. The normalized spacial score (nSPS) is 22.1. The number of β-amino-alcohol motifs (C(OH)–C–C–N with tert-alkyl or cyclic N) is 1. The van der Waals surface area contributed by atoms with Gasteiger partial charge in [0.1, 0.15) is 12.2 Å². The van der Waals surface area contributed by atoms with Gasteiger partial charge in [-0.25, -0.2) is 9.37 Å². The third kappa shape index (κ3) is 3.05. The zero-order chi connectivity index (χ0) is 15.7. The number of aromatic nitrogens is 4. The number of aryl methyl sites for hydroxylation is 1. The largest absolute Gasteiger partial charge is 0.388 e. The number of pyridine rings is 1. The molecule has 118 valence electrons. The molecule has 1 N–H and O–H groups in total. The summed E-state index contributed by atoms with van der Waals surface area (Å²) in [6.45, 7) is 0.943. The Morgan fingerprint density at radius 2 is 2.32 bits per heavy atom. The number of nitrogens with zero attached hydrogens (tertiary/aromatic N) is 5. The Bertz CT molecular complexity index is 679. The molecule has 0 amide bonds. The summed E-state index contributed by atoms with van der Waals surface area (Å²) in [5.74, 6) is 0.449. The Hall–Kier alpha value is -1.73. The van der Waals surface area contributed by atoms with Gasteiger partial charge in [0.2, 0.25) is 0 Å². The smallest absolute Gasteiger partial charge is 0.167 e. The van der Waals surface area contributed by atoms with Crippen LogP contribution in [0.4, 0.5) is 10.2 Å². The molecule has 3 heterocycles. The molecule has 1 atom stereocenters. The molecular formula is C14H17ClFN5O. The molecule has 22 heavy (non-hydrogen) atoms. The minimum atomic E-state index is -0.979. The maximum Gasteiger partial charge on any atom is 0.167 e. The van der Waals surface area contributed by atoms with E-state index in [1.807, 2.05) is 7.05 Å². The summed E-state index contributed by atoms with van der Waals surface area (Å²) in [7, 11) is 1.83. The summed E-state index contributed by atoms with van der Waals surface area (Å²) in [6.07, 6.45) is 4.76. The molecule has 0 saturated carbocycles. The van der Waals surface area contributed by atoms with Crippen molar-refractivity contribution in [1.82, 2.24) is 19.7 Å². The van der Waals surface area contributed by atoms with Gasteiger partial charge in [0.15, 0.2) is 11.6 Å². The lowest BCUT2D eigenvalue weighted by Crippen LogP contribution is -2.50. The quantitative estimate of drug-likeness (QED) is 0.928. The van der Waals surface area contributed by atoms with E-state index in [1.165, 1.54) is 12.3 Å². The van der Waals surface area contributed by atoms with Crippen molar-refractivity contribution in [2.24, 2.45) is 7.05 Å². The van der Waals surface area contributed by atoms with Crippen molar-refractivity contribution in [2.75, 3.05) is 18.0 Å². The van der Waals surface area contributed by atoms with Gasteiger partial charge in [-0.15, -0.1) is 10.2 Å². The Morgan fingerprint density at radius 1 is 1.50 bits per heavy atom. The minimum absolute atomic E-state index is 0.223. The Kier molecular flexibility index (Phi) is 4.01. The molecule has 3 rings (SSSR count). The van der Waals surface area contributed by atoms with Crippen LogP contribution >= 0.6 is 11.6 Å². The van der Waals surface area contributed by atoms with Gasteiger partial charge in [-0.05, 0) is 18.9 Å². The van der Waals surface area contributed by atoms with Gasteiger partial charge in [0, 0.05) is 32.8 Å². The van der Waals surface area contributed by atoms with Crippen LogP contribution in [0.2, 0.25) is 5.02 Å². The molecule has 0 aliphatic carbocycles.